The summed E-state index contributed by atoms with van der Waals surface area (Å²) in [6, 6.07) is 6.55. The molecule has 0 amide bonds. The number of rotatable bonds is 4. The first-order valence-corrected chi connectivity index (χ1v) is 10.6. The van der Waals surface area contributed by atoms with Crippen LogP contribution in [0.15, 0.2) is 35.2 Å². The second-order valence-electron chi connectivity index (χ2n) is 7.56. The average Bonchev–Trinajstić information content (AvgIpc) is 3.42. The van der Waals surface area contributed by atoms with Gasteiger partial charge in [-0.25, -0.2) is 9.50 Å². The molecule has 0 spiro atoms. The molecule has 26 heavy (non-hydrogen) atoms. The van der Waals surface area contributed by atoms with Gasteiger partial charge in [0.15, 0.2) is 11.5 Å². The normalized spacial score (nSPS) is 21.7. The second-order valence-corrected chi connectivity index (χ2v) is 8.34. The molecule has 3 aromatic rings. The minimum atomic E-state index is 0.442. The second kappa shape index (κ2) is 7.00. The van der Waals surface area contributed by atoms with Crippen molar-refractivity contribution in [2.45, 2.75) is 38.1 Å². The van der Waals surface area contributed by atoms with E-state index in [1.807, 2.05) is 4.52 Å². The quantitative estimate of drug-likeness (QED) is 0.703. The molecule has 0 aromatic carbocycles. The zero-order chi connectivity index (χ0) is 17.3. The van der Waals surface area contributed by atoms with Crippen LogP contribution in [0.4, 0.5) is 5.69 Å². The van der Waals surface area contributed by atoms with Gasteiger partial charge in [0.25, 0.3) is 0 Å². The predicted octanol–water partition coefficient (Wildman–Crippen LogP) is 3.77. The van der Waals surface area contributed by atoms with Crippen LogP contribution in [0.3, 0.4) is 0 Å². The molecule has 1 atom stereocenters. The molecular weight excluding hydrogens is 342 g/mol. The zero-order valence-corrected chi connectivity index (χ0v) is 15.9. The van der Waals surface area contributed by atoms with Gasteiger partial charge in [0, 0.05) is 32.1 Å². The highest BCUT2D eigenvalue weighted by Crippen LogP contribution is 2.27. The van der Waals surface area contributed by atoms with Gasteiger partial charge >= 0.3 is 0 Å². The summed E-state index contributed by atoms with van der Waals surface area (Å²) in [4.78, 5) is 9.85. The molecule has 2 saturated heterocycles. The van der Waals surface area contributed by atoms with Gasteiger partial charge in [0.1, 0.15) is 0 Å². The Kier molecular flexibility index (Phi) is 4.38. The monoisotopic (exact) mass is 367 g/mol. The number of piperidine rings is 1. The summed E-state index contributed by atoms with van der Waals surface area (Å²) in [6.45, 7) is 5.61. The van der Waals surface area contributed by atoms with Crippen LogP contribution < -0.4 is 4.90 Å². The van der Waals surface area contributed by atoms with Crippen molar-refractivity contribution >= 4 is 22.7 Å². The average molecular weight is 368 g/mol. The molecule has 0 bridgehead atoms. The Morgan fingerprint density at radius 3 is 2.85 bits per heavy atom. The summed E-state index contributed by atoms with van der Waals surface area (Å²) < 4.78 is 1.99. The van der Waals surface area contributed by atoms with E-state index in [9.17, 15) is 0 Å². The van der Waals surface area contributed by atoms with E-state index in [4.69, 9.17) is 10.1 Å². The van der Waals surface area contributed by atoms with Gasteiger partial charge in [-0.05, 0) is 66.8 Å². The molecule has 2 aliphatic heterocycles. The SMILES string of the molecule is c1cc(CN2CCC[C@H](c3nc4ccc(N5CCCC5)cn4n3)C2)cs1. The largest absolute Gasteiger partial charge is 0.370 e. The van der Waals surface area contributed by atoms with E-state index in [1.165, 1.54) is 43.5 Å². The minimum absolute atomic E-state index is 0.442. The fourth-order valence-corrected chi connectivity index (χ4v) is 4.94. The Morgan fingerprint density at radius 1 is 1.08 bits per heavy atom. The molecule has 136 valence electrons. The fourth-order valence-electron chi connectivity index (χ4n) is 4.28. The molecule has 0 radical (unpaired) electrons. The van der Waals surface area contributed by atoms with Crippen LogP contribution in [-0.4, -0.2) is 45.7 Å². The third-order valence-corrected chi connectivity index (χ3v) is 6.39. The molecule has 0 aliphatic carbocycles. The van der Waals surface area contributed by atoms with Crippen LogP contribution in [0.1, 0.15) is 43.0 Å². The standard InChI is InChI=1S/C20H25N5S/c1-2-10-24(9-1)18-5-6-19-21-20(22-25(19)14-18)17-4-3-8-23(13-17)12-16-7-11-26-15-16/h5-7,11,14-15,17H,1-4,8-10,12-13H2/t17-/m0/s1. The summed E-state index contributed by atoms with van der Waals surface area (Å²) >= 11 is 1.78. The summed E-state index contributed by atoms with van der Waals surface area (Å²) in [6.07, 6.45) is 7.16. The molecule has 5 nitrogen and oxygen atoms in total. The lowest BCUT2D eigenvalue weighted by molar-refractivity contribution is 0.197. The molecule has 2 aliphatic rings. The number of aromatic nitrogens is 3. The number of nitrogens with zero attached hydrogens (tertiary/aromatic N) is 5. The Balaban J connectivity index is 1.34. The van der Waals surface area contributed by atoms with Gasteiger partial charge in [-0.2, -0.15) is 16.4 Å². The number of thiophene rings is 1. The van der Waals surface area contributed by atoms with E-state index in [2.05, 4.69) is 45.0 Å². The van der Waals surface area contributed by atoms with Crippen molar-refractivity contribution in [3.8, 4) is 0 Å². The van der Waals surface area contributed by atoms with Crippen molar-refractivity contribution in [1.82, 2.24) is 19.5 Å². The van der Waals surface area contributed by atoms with Gasteiger partial charge in [-0.3, -0.25) is 4.90 Å². The van der Waals surface area contributed by atoms with Crippen LogP contribution in [-0.2, 0) is 6.54 Å². The van der Waals surface area contributed by atoms with E-state index < -0.39 is 0 Å². The van der Waals surface area contributed by atoms with E-state index in [1.54, 1.807) is 11.3 Å². The molecule has 0 N–H and O–H groups in total. The Bertz CT molecular complexity index is 866. The lowest BCUT2D eigenvalue weighted by atomic mass is 9.97. The Morgan fingerprint density at radius 2 is 2.00 bits per heavy atom. The maximum atomic E-state index is 4.85. The first-order valence-electron chi connectivity index (χ1n) is 9.70. The number of anilines is 1. The third-order valence-electron chi connectivity index (χ3n) is 5.66. The zero-order valence-electron chi connectivity index (χ0n) is 15.0. The smallest absolute Gasteiger partial charge is 0.156 e. The highest BCUT2D eigenvalue weighted by Gasteiger charge is 2.25. The van der Waals surface area contributed by atoms with E-state index in [-0.39, 0.29) is 0 Å². The molecular formula is C20H25N5S. The predicted molar refractivity (Wildman–Crippen MR) is 106 cm³/mol. The highest BCUT2D eigenvalue weighted by molar-refractivity contribution is 7.07. The number of pyridine rings is 1. The maximum Gasteiger partial charge on any atom is 0.156 e. The van der Waals surface area contributed by atoms with Crippen molar-refractivity contribution in [3.63, 3.8) is 0 Å². The summed E-state index contributed by atoms with van der Waals surface area (Å²) in [5, 5.41) is 9.28. The molecule has 5 rings (SSSR count). The highest BCUT2D eigenvalue weighted by atomic mass is 32.1. The van der Waals surface area contributed by atoms with E-state index in [0.29, 0.717) is 5.92 Å². The molecule has 0 unspecified atom stereocenters. The van der Waals surface area contributed by atoms with E-state index in [0.717, 1.165) is 37.7 Å². The maximum absolute atomic E-state index is 4.85. The van der Waals surface area contributed by atoms with Gasteiger partial charge in [-0.1, -0.05) is 0 Å². The Labute approximate surface area is 158 Å². The van der Waals surface area contributed by atoms with Crippen molar-refractivity contribution in [1.29, 1.82) is 0 Å². The van der Waals surface area contributed by atoms with E-state index >= 15 is 0 Å². The van der Waals surface area contributed by atoms with Crippen molar-refractivity contribution in [2.75, 3.05) is 31.1 Å². The fraction of sp³-hybridized carbons (Fsp3) is 0.500. The first kappa shape index (κ1) is 16.3. The number of hydrogen-bond donors (Lipinski definition) is 0. The lowest BCUT2D eigenvalue weighted by Crippen LogP contribution is -2.34. The number of hydrogen-bond acceptors (Lipinski definition) is 5. The molecule has 6 heteroatoms. The van der Waals surface area contributed by atoms with Crippen molar-refractivity contribution < 1.29 is 0 Å². The summed E-state index contributed by atoms with van der Waals surface area (Å²) in [5.41, 5.74) is 3.67. The van der Waals surface area contributed by atoms with Crippen LogP contribution in [0.25, 0.3) is 5.65 Å². The van der Waals surface area contributed by atoms with Crippen LogP contribution in [0.5, 0.6) is 0 Å². The molecule has 0 saturated carbocycles. The molecule has 3 aromatic heterocycles. The molecule has 2 fully saturated rings. The van der Waals surface area contributed by atoms with Crippen LogP contribution in [0.2, 0.25) is 0 Å². The Hall–Kier alpha value is -1.92. The van der Waals surface area contributed by atoms with Gasteiger partial charge < -0.3 is 4.90 Å². The van der Waals surface area contributed by atoms with Crippen molar-refractivity contribution in [3.05, 3.63) is 46.5 Å². The van der Waals surface area contributed by atoms with Gasteiger partial charge in [0.2, 0.25) is 0 Å². The molecule has 5 heterocycles. The minimum Gasteiger partial charge on any atom is -0.370 e. The van der Waals surface area contributed by atoms with Crippen LogP contribution >= 0.6 is 11.3 Å². The summed E-state index contributed by atoms with van der Waals surface area (Å²) in [7, 11) is 0. The third kappa shape index (κ3) is 3.23. The number of fused-ring (bicyclic) bond motifs is 1. The number of likely N-dealkylation sites (tertiary alicyclic amines) is 1. The van der Waals surface area contributed by atoms with Crippen LogP contribution in [0, 0.1) is 0 Å². The van der Waals surface area contributed by atoms with Gasteiger partial charge in [0.05, 0.1) is 11.9 Å². The van der Waals surface area contributed by atoms with Crippen molar-refractivity contribution in [2.24, 2.45) is 0 Å². The lowest BCUT2D eigenvalue weighted by Gasteiger charge is -2.31. The first-order chi connectivity index (χ1) is 12.8. The summed E-state index contributed by atoms with van der Waals surface area (Å²) in [5.74, 6) is 1.45. The van der Waals surface area contributed by atoms with Gasteiger partial charge in [-0.15, -0.1) is 0 Å². The topological polar surface area (TPSA) is 36.7 Å².